The number of hydrogen-bond donors (Lipinski definition) is 1. The zero-order valence-corrected chi connectivity index (χ0v) is 12.4. The fourth-order valence-electron chi connectivity index (χ4n) is 2.35. The Bertz CT molecular complexity index is 879. The molecule has 108 valence electrons. The molecule has 1 heterocycles. The van der Waals surface area contributed by atoms with Crippen molar-refractivity contribution >= 4 is 22.7 Å². The van der Waals surface area contributed by atoms with Crippen molar-refractivity contribution < 1.29 is 9.52 Å². The van der Waals surface area contributed by atoms with Crippen LogP contribution in [0.1, 0.15) is 22.8 Å². The number of oxazole rings is 1. The van der Waals surface area contributed by atoms with Gasteiger partial charge in [-0.2, -0.15) is 0 Å². The van der Waals surface area contributed by atoms with E-state index >= 15 is 0 Å². The number of aliphatic hydroxyl groups is 1. The average Bonchev–Trinajstić information content (AvgIpc) is 2.73. The number of fused-ring (bicyclic) bond motifs is 1. The Morgan fingerprint density at radius 2 is 2.00 bits per heavy atom. The second-order valence-electron chi connectivity index (χ2n) is 5.08. The molecule has 0 saturated carbocycles. The highest BCUT2D eigenvalue weighted by molar-refractivity contribution is 6.31. The van der Waals surface area contributed by atoms with Gasteiger partial charge in [-0.15, -0.1) is 0 Å². The molecule has 0 aliphatic carbocycles. The van der Waals surface area contributed by atoms with Crippen molar-refractivity contribution in [2.75, 3.05) is 0 Å². The predicted octanol–water partition coefficient (Wildman–Crippen LogP) is 3.18. The summed E-state index contributed by atoms with van der Waals surface area (Å²) in [5.41, 5.74) is 3.41. The maximum atomic E-state index is 11.5. The van der Waals surface area contributed by atoms with E-state index < -0.39 is 11.9 Å². The maximum absolute atomic E-state index is 11.5. The summed E-state index contributed by atoms with van der Waals surface area (Å²) in [5.74, 6) is -0.426. The summed E-state index contributed by atoms with van der Waals surface area (Å²) >= 11 is 6.18. The molecule has 0 fully saturated rings. The Labute approximate surface area is 126 Å². The second kappa shape index (κ2) is 5.06. The van der Waals surface area contributed by atoms with Crippen molar-refractivity contribution in [2.45, 2.75) is 13.0 Å². The standard InChI is InChI=1S/C16H14ClNO3/c1-9-3-5-11(12(17)7-9)15(19)10-4-6-13-14(8-10)21-16(20)18(13)2/h3-8,15,19H,1-2H3. The van der Waals surface area contributed by atoms with Crippen molar-refractivity contribution in [1.29, 1.82) is 0 Å². The van der Waals surface area contributed by atoms with Crippen LogP contribution in [-0.2, 0) is 7.05 Å². The van der Waals surface area contributed by atoms with Gasteiger partial charge in [0.2, 0.25) is 0 Å². The Balaban J connectivity index is 2.09. The Morgan fingerprint density at radius 1 is 1.24 bits per heavy atom. The number of aryl methyl sites for hydroxylation is 2. The molecule has 0 amide bonds. The predicted molar refractivity (Wildman–Crippen MR) is 81.7 cm³/mol. The van der Waals surface area contributed by atoms with Gasteiger partial charge in [0.05, 0.1) is 5.52 Å². The monoisotopic (exact) mass is 303 g/mol. The van der Waals surface area contributed by atoms with E-state index in [-0.39, 0.29) is 0 Å². The minimum atomic E-state index is -0.868. The smallest absolute Gasteiger partial charge is 0.408 e. The van der Waals surface area contributed by atoms with Gasteiger partial charge in [-0.25, -0.2) is 4.79 Å². The first-order chi connectivity index (χ1) is 9.97. The third-order valence-corrected chi connectivity index (χ3v) is 3.91. The number of aromatic nitrogens is 1. The van der Waals surface area contributed by atoms with Crippen LogP contribution >= 0.6 is 11.6 Å². The zero-order chi connectivity index (χ0) is 15.1. The van der Waals surface area contributed by atoms with Gasteiger partial charge in [-0.05, 0) is 36.2 Å². The summed E-state index contributed by atoms with van der Waals surface area (Å²) < 4.78 is 6.56. The Morgan fingerprint density at radius 3 is 2.71 bits per heavy atom. The molecule has 3 rings (SSSR count). The van der Waals surface area contributed by atoms with Crippen molar-refractivity contribution in [3.8, 4) is 0 Å². The molecular weight excluding hydrogens is 290 g/mol. The van der Waals surface area contributed by atoms with Gasteiger partial charge in [0.25, 0.3) is 0 Å². The fraction of sp³-hybridized carbons (Fsp3) is 0.188. The van der Waals surface area contributed by atoms with E-state index in [4.69, 9.17) is 16.0 Å². The van der Waals surface area contributed by atoms with E-state index in [9.17, 15) is 9.90 Å². The van der Waals surface area contributed by atoms with Crippen LogP contribution in [0, 0.1) is 6.92 Å². The highest BCUT2D eigenvalue weighted by atomic mass is 35.5. The summed E-state index contributed by atoms with van der Waals surface area (Å²) in [7, 11) is 1.64. The van der Waals surface area contributed by atoms with Gasteiger partial charge >= 0.3 is 5.76 Å². The van der Waals surface area contributed by atoms with Gasteiger partial charge in [-0.1, -0.05) is 29.8 Å². The topological polar surface area (TPSA) is 55.4 Å². The van der Waals surface area contributed by atoms with Crippen LogP contribution in [0.5, 0.6) is 0 Å². The fourth-order valence-corrected chi connectivity index (χ4v) is 2.69. The van der Waals surface area contributed by atoms with E-state index in [0.717, 1.165) is 5.56 Å². The SMILES string of the molecule is Cc1ccc(C(O)c2ccc3c(c2)oc(=O)n3C)c(Cl)c1. The highest BCUT2D eigenvalue weighted by Crippen LogP contribution is 2.30. The van der Waals surface area contributed by atoms with E-state index in [1.54, 1.807) is 37.4 Å². The molecule has 4 nitrogen and oxygen atoms in total. The number of aliphatic hydroxyl groups excluding tert-OH is 1. The summed E-state index contributed by atoms with van der Waals surface area (Å²) in [6, 6.07) is 10.7. The van der Waals surface area contributed by atoms with Gasteiger partial charge in [0.15, 0.2) is 5.58 Å². The largest absolute Gasteiger partial charge is 0.419 e. The third kappa shape index (κ3) is 2.37. The van der Waals surface area contributed by atoms with Crippen LogP contribution in [0.15, 0.2) is 45.6 Å². The molecule has 0 aliphatic rings. The number of rotatable bonds is 2. The molecule has 0 aliphatic heterocycles. The quantitative estimate of drug-likeness (QED) is 0.791. The first-order valence-electron chi connectivity index (χ1n) is 6.51. The minimum Gasteiger partial charge on any atom is -0.408 e. The zero-order valence-electron chi connectivity index (χ0n) is 11.6. The normalized spacial score (nSPS) is 12.8. The molecular formula is C16H14ClNO3. The molecule has 1 unspecified atom stereocenters. The lowest BCUT2D eigenvalue weighted by atomic mass is 10.00. The lowest BCUT2D eigenvalue weighted by Crippen LogP contribution is -2.08. The second-order valence-corrected chi connectivity index (χ2v) is 5.49. The van der Waals surface area contributed by atoms with Crippen LogP contribution in [-0.4, -0.2) is 9.67 Å². The van der Waals surface area contributed by atoms with Crippen molar-refractivity contribution in [3.63, 3.8) is 0 Å². The van der Waals surface area contributed by atoms with Crippen molar-refractivity contribution in [1.82, 2.24) is 4.57 Å². The molecule has 5 heteroatoms. The van der Waals surface area contributed by atoms with E-state index in [1.807, 2.05) is 13.0 Å². The maximum Gasteiger partial charge on any atom is 0.419 e. The lowest BCUT2D eigenvalue weighted by molar-refractivity contribution is 0.220. The van der Waals surface area contributed by atoms with Crippen LogP contribution in [0.25, 0.3) is 11.1 Å². The van der Waals surface area contributed by atoms with Crippen LogP contribution < -0.4 is 5.76 Å². The van der Waals surface area contributed by atoms with E-state index in [2.05, 4.69) is 0 Å². The molecule has 1 N–H and O–H groups in total. The van der Waals surface area contributed by atoms with Crippen molar-refractivity contribution in [3.05, 3.63) is 68.7 Å². The van der Waals surface area contributed by atoms with Gasteiger partial charge in [0.1, 0.15) is 6.10 Å². The van der Waals surface area contributed by atoms with Crippen LogP contribution in [0.4, 0.5) is 0 Å². The molecule has 3 aromatic rings. The molecule has 21 heavy (non-hydrogen) atoms. The number of nitrogens with zero attached hydrogens (tertiary/aromatic N) is 1. The number of hydrogen-bond acceptors (Lipinski definition) is 3. The Hall–Kier alpha value is -2.04. The summed E-state index contributed by atoms with van der Waals surface area (Å²) in [6.45, 7) is 1.94. The first-order valence-corrected chi connectivity index (χ1v) is 6.89. The molecule has 1 aromatic heterocycles. The van der Waals surface area contributed by atoms with E-state index in [1.165, 1.54) is 4.57 Å². The third-order valence-electron chi connectivity index (χ3n) is 3.58. The van der Waals surface area contributed by atoms with Gasteiger partial charge in [-0.3, -0.25) is 4.57 Å². The minimum absolute atomic E-state index is 0.426. The summed E-state index contributed by atoms with van der Waals surface area (Å²) in [4.78, 5) is 11.5. The van der Waals surface area contributed by atoms with Gasteiger partial charge < -0.3 is 9.52 Å². The Kier molecular flexibility index (Phi) is 3.35. The molecule has 0 radical (unpaired) electrons. The molecule has 1 atom stereocenters. The first kappa shape index (κ1) is 13.9. The lowest BCUT2D eigenvalue weighted by Gasteiger charge is -2.13. The number of benzene rings is 2. The molecule has 0 saturated heterocycles. The summed E-state index contributed by atoms with van der Waals surface area (Å²) in [6.07, 6.45) is -0.868. The summed E-state index contributed by atoms with van der Waals surface area (Å²) in [5, 5.41) is 11.0. The average molecular weight is 304 g/mol. The van der Waals surface area contributed by atoms with Gasteiger partial charge in [0, 0.05) is 17.6 Å². The molecule has 2 aromatic carbocycles. The van der Waals surface area contributed by atoms with E-state index in [0.29, 0.717) is 27.2 Å². The molecule has 0 bridgehead atoms. The number of halogens is 1. The molecule has 0 spiro atoms. The van der Waals surface area contributed by atoms with Crippen molar-refractivity contribution in [2.24, 2.45) is 7.05 Å². The van der Waals surface area contributed by atoms with Crippen LogP contribution in [0.3, 0.4) is 0 Å². The highest BCUT2D eigenvalue weighted by Gasteiger charge is 2.16. The van der Waals surface area contributed by atoms with Crippen LogP contribution in [0.2, 0.25) is 5.02 Å².